The summed E-state index contributed by atoms with van der Waals surface area (Å²) in [5.41, 5.74) is 0.867. The smallest absolute Gasteiger partial charge is 0.348 e. The highest BCUT2D eigenvalue weighted by Gasteiger charge is 2.22. The molecule has 0 unspecified atom stereocenters. The summed E-state index contributed by atoms with van der Waals surface area (Å²) in [6, 6.07) is 9.40. The standard InChI is InChI=1S/C20H17FO5S/c1-3-25-20(23)19-13(18-14(21)5-4-6-17(18)27-19)11-26-15-8-7-12(10-22)9-16(15)24-2/h4-10H,3,11H2,1-2H3. The maximum absolute atomic E-state index is 14.4. The molecule has 0 aliphatic rings. The molecule has 0 aliphatic carbocycles. The molecule has 0 amide bonds. The van der Waals surface area contributed by atoms with Gasteiger partial charge in [0.05, 0.1) is 13.7 Å². The van der Waals surface area contributed by atoms with Crippen molar-refractivity contribution in [1.29, 1.82) is 0 Å². The lowest BCUT2D eigenvalue weighted by Crippen LogP contribution is -2.07. The second-order valence-corrected chi connectivity index (χ2v) is 6.61. The molecule has 140 valence electrons. The number of ether oxygens (including phenoxy) is 3. The van der Waals surface area contributed by atoms with E-state index in [2.05, 4.69) is 0 Å². The summed E-state index contributed by atoms with van der Waals surface area (Å²) in [6.45, 7) is 1.88. The maximum atomic E-state index is 14.4. The van der Waals surface area contributed by atoms with Crippen LogP contribution in [0.3, 0.4) is 0 Å². The van der Waals surface area contributed by atoms with E-state index in [4.69, 9.17) is 14.2 Å². The Morgan fingerprint density at radius 2 is 2.04 bits per heavy atom. The first-order valence-corrected chi connectivity index (χ1v) is 9.03. The van der Waals surface area contributed by atoms with Crippen LogP contribution in [-0.4, -0.2) is 26.0 Å². The van der Waals surface area contributed by atoms with Gasteiger partial charge < -0.3 is 14.2 Å². The first-order valence-electron chi connectivity index (χ1n) is 8.22. The van der Waals surface area contributed by atoms with Crippen LogP contribution < -0.4 is 9.47 Å². The molecule has 0 bridgehead atoms. The number of carbonyl (C=O) groups is 2. The maximum Gasteiger partial charge on any atom is 0.348 e. The van der Waals surface area contributed by atoms with Crippen molar-refractivity contribution in [3.63, 3.8) is 0 Å². The molecule has 5 nitrogen and oxygen atoms in total. The van der Waals surface area contributed by atoms with Crippen LogP contribution in [0, 0.1) is 5.82 Å². The average Bonchev–Trinajstić information content (AvgIpc) is 3.06. The minimum Gasteiger partial charge on any atom is -0.493 e. The van der Waals surface area contributed by atoms with E-state index in [0.29, 0.717) is 43.9 Å². The molecular formula is C20H17FO5S. The van der Waals surface area contributed by atoms with Gasteiger partial charge >= 0.3 is 5.97 Å². The summed E-state index contributed by atoms with van der Waals surface area (Å²) >= 11 is 1.17. The van der Waals surface area contributed by atoms with E-state index in [-0.39, 0.29) is 13.2 Å². The van der Waals surface area contributed by atoms with Gasteiger partial charge in [0.2, 0.25) is 0 Å². The summed E-state index contributed by atoms with van der Waals surface area (Å²) in [7, 11) is 1.46. The van der Waals surface area contributed by atoms with Crippen molar-refractivity contribution >= 4 is 33.7 Å². The molecule has 0 atom stereocenters. The summed E-state index contributed by atoms with van der Waals surface area (Å²) in [6.07, 6.45) is 0.701. The number of hydrogen-bond donors (Lipinski definition) is 0. The van der Waals surface area contributed by atoms with Gasteiger partial charge in [0.25, 0.3) is 0 Å². The number of esters is 1. The molecule has 1 aromatic heterocycles. The zero-order chi connectivity index (χ0) is 19.4. The number of aldehydes is 1. The summed E-state index contributed by atoms with van der Waals surface area (Å²) < 4.78 is 31.2. The lowest BCUT2D eigenvalue weighted by atomic mass is 10.1. The van der Waals surface area contributed by atoms with Crippen molar-refractivity contribution in [2.45, 2.75) is 13.5 Å². The van der Waals surface area contributed by atoms with Crippen LogP contribution in [-0.2, 0) is 11.3 Å². The quantitative estimate of drug-likeness (QED) is 0.437. The number of carbonyl (C=O) groups excluding carboxylic acids is 2. The lowest BCUT2D eigenvalue weighted by Gasteiger charge is -2.12. The molecule has 0 radical (unpaired) electrons. The third-order valence-electron chi connectivity index (χ3n) is 3.92. The number of hydrogen-bond acceptors (Lipinski definition) is 6. The Kier molecular flexibility index (Phi) is 5.71. The molecule has 7 heteroatoms. The number of rotatable bonds is 7. The highest BCUT2D eigenvalue weighted by atomic mass is 32.1. The molecule has 0 fully saturated rings. The van der Waals surface area contributed by atoms with Crippen LogP contribution in [0.5, 0.6) is 11.5 Å². The highest BCUT2D eigenvalue weighted by molar-refractivity contribution is 7.21. The Labute approximate surface area is 159 Å². The van der Waals surface area contributed by atoms with E-state index in [1.807, 2.05) is 0 Å². The first kappa shape index (κ1) is 18.8. The Bertz CT molecular complexity index is 995. The average molecular weight is 388 g/mol. The SMILES string of the molecule is CCOC(=O)c1sc2cccc(F)c2c1COc1ccc(C=O)cc1OC. The first-order chi connectivity index (χ1) is 13.1. The molecule has 3 aromatic rings. The zero-order valence-electron chi connectivity index (χ0n) is 14.8. The Morgan fingerprint density at radius 3 is 2.74 bits per heavy atom. The van der Waals surface area contributed by atoms with Crippen LogP contribution >= 0.6 is 11.3 Å². The fourth-order valence-electron chi connectivity index (χ4n) is 2.69. The van der Waals surface area contributed by atoms with E-state index in [1.54, 1.807) is 37.3 Å². The second-order valence-electron chi connectivity index (χ2n) is 5.56. The van der Waals surface area contributed by atoms with E-state index < -0.39 is 11.8 Å². The van der Waals surface area contributed by atoms with E-state index >= 15 is 0 Å². The van der Waals surface area contributed by atoms with Crippen molar-refractivity contribution in [2.75, 3.05) is 13.7 Å². The lowest BCUT2D eigenvalue weighted by molar-refractivity contribution is 0.0529. The van der Waals surface area contributed by atoms with Crippen molar-refractivity contribution in [1.82, 2.24) is 0 Å². The third-order valence-corrected chi connectivity index (χ3v) is 5.10. The van der Waals surface area contributed by atoms with E-state index in [9.17, 15) is 14.0 Å². The Morgan fingerprint density at radius 1 is 1.22 bits per heavy atom. The number of thiophene rings is 1. The number of fused-ring (bicyclic) bond motifs is 1. The molecule has 0 saturated heterocycles. The Hall–Kier alpha value is -2.93. The van der Waals surface area contributed by atoms with E-state index in [1.165, 1.54) is 24.5 Å². The van der Waals surface area contributed by atoms with Crippen molar-refractivity contribution in [3.05, 3.63) is 58.2 Å². The molecule has 1 heterocycles. The molecule has 27 heavy (non-hydrogen) atoms. The molecule has 0 N–H and O–H groups in total. The minimum absolute atomic E-state index is 0.0497. The van der Waals surface area contributed by atoms with Gasteiger partial charge in [-0.3, -0.25) is 4.79 Å². The van der Waals surface area contributed by atoms with Crippen molar-refractivity contribution < 1.29 is 28.2 Å². The fourth-order valence-corrected chi connectivity index (χ4v) is 3.81. The minimum atomic E-state index is -0.514. The van der Waals surface area contributed by atoms with Gasteiger partial charge in [-0.2, -0.15) is 0 Å². The van der Waals surface area contributed by atoms with Crippen molar-refractivity contribution in [3.8, 4) is 11.5 Å². The van der Waals surface area contributed by atoms with Crippen LogP contribution in [0.25, 0.3) is 10.1 Å². The van der Waals surface area contributed by atoms with Crippen LogP contribution in [0.1, 0.15) is 32.5 Å². The number of methoxy groups -OCH3 is 1. The second kappa shape index (κ2) is 8.18. The third kappa shape index (κ3) is 3.78. The molecule has 0 saturated carbocycles. The monoisotopic (exact) mass is 388 g/mol. The van der Waals surface area contributed by atoms with Gasteiger partial charge in [-0.1, -0.05) is 6.07 Å². The number of halogens is 1. The number of benzene rings is 2. The van der Waals surface area contributed by atoms with Gasteiger partial charge in [0, 0.05) is 21.2 Å². The molecule has 0 spiro atoms. The highest BCUT2D eigenvalue weighted by Crippen LogP contribution is 2.36. The zero-order valence-corrected chi connectivity index (χ0v) is 15.6. The predicted molar refractivity (Wildman–Crippen MR) is 100 cm³/mol. The molecule has 3 rings (SSSR count). The molecular weight excluding hydrogens is 371 g/mol. The summed E-state index contributed by atoms with van der Waals surface area (Å²) in [5.74, 6) is -0.188. The van der Waals surface area contributed by atoms with Gasteiger partial charge in [-0.15, -0.1) is 11.3 Å². The van der Waals surface area contributed by atoms with Crippen LogP contribution in [0.15, 0.2) is 36.4 Å². The largest absolute Gasteiger partial charge is 0.493 e. The molecule has 2 aromatic carbocycles. The summed E-state index contributed by atoms with van der Waals surface area (Å²) in [4.78, 5) is 23.5. The molecule has 0 aliphatic heterocycles. The van der Waals surface area contributed by atoms with Gasteiger partial charge in [0.1, 0.15) is 23.6 Å². The fraction of sp³-hybridized carbons (Fsp3) is 0.200. The van der Waals surface area contributed by atoms with Crippen molar-refractivity contribution in [2.24, 2.45) is 0 Å². The predicted octanol–water partition coefficient (Wildman–Crippen LogP) is 4.62. The van der Waals surface area contributed by atoms with Crippen LogP contribution in [0.4, 0.5) is 4.39 Å². The normalized spacial score (nSPS) is 10.6. The van der Waals surface area contributed by atoms with Gasteiger partial charge in [0.15, 0.2) is 11.5 Å². The summed E-state index contributed by atoms with van der Waals surface area (Å²) in [5, 5.41) is 0.342. The Balaban J connectivity index is 2.00. The topological polar surface area (TPSA) is 61.8 Å². The van der Waals surface area contributed by atoms with Crippen LogP contribution in [0.2, 0.25) is 0 Å². The van der Waals surface area contributed by atoms with Gasteiger partial charge in [-0.05, 0) is 37.3 Å². The van der Waals surface area contributed by atoms with E-state index in [0.717, 1.165) is 0 Å². The van der Waals surface area contributed by atoms with Gasteiger partial charge in [-0.25, -0.2) is 9.18 Å².